The Morgan fingerprint density at radius 1 is 1.20 bits per heavy atom. The Morgan fingerprint density at radius 2 is 2.00 bits per heavy atom. The number of methoxy groups -OCH3 is 1. The Labute approximate surface area is 125 Å². The summed E-state index contributed by atoms with van der Waals surface area (Å²) in [5.41, 5.74) is 1.37. The molecular weight excluding hydrogens is 327 g/mol. The molecule has 0 aliphatic carbocycles. The summed E-state index contributed by atoms with van der Waals surface area (Å²) in [5.74, 6) is 0.371. The van der Waals surface area contributed by atoms with E-state index in [0.29, 0.717) is 11.3 Å². The minimum atomic E-state index is -0.490. The zero-order valence-corrected chi connectivity index (χ0v) is 12.5. The molecule has 0 aromatic heterocycles. The standard InChI is InChI=1S/C15H14BrFO3/c1-19-12-3-4-13(16)11(7-12)9-20-15-5-2-10(8-18)6-14(15)17/h2-7,18H,8-9H2,1H3. The average Bonchev–Trinajstić information content (AvgIpc) is 2.47. The van der Waals surface area contributed by atoms with Crippen molar-refractivity contribution < 1.29 is 19.0 Å². The maximum atomic E-state index is 13.7. The average molecular weight is 341 g/mol. The van der Waals surface area contributed by atoms with E-state index in [2.05, 4.69) is 15.9 Å². The van der Waals surface area contributed by atoms with E-state index >= 15 is 0 Å². The molecule has 0 radical (unpaired) electrons. The van der Waals surface area contributed by atoms with E-state index in [-0.39, 0.29) is 19.0 Å². The van der Waals surface area contributed by atoms with Crippen molar-refractivity contribution in [2.24, 2.45) is 0 Å². The minimum Gasteiger partial charge on any atom is -0.497 e. The number of aliphatic hydroxyl groups is 1. The van der Waals surface area contributed by atoms with Crippen LogP contribution in [0.15, 0.2) is 40.9 Å². The number of benzene rings is 2. The fraction of sp³-hybridized carbons (Fsp3) is 0.200. The summed E-state index contributed by atoms with van der Waals surface area (Å²) in [6.07, 6.45) is 0. The van der Waals surface area contributed by atoms with Gasteiger partial charge in [0.2, 0.25) is 0 Å². The van der Waals surface area contributed by atoms with Crippen LogP contribution in [0.4, 0.5) is 4.39 Å². The number of hydrogen-bond acceptors (Lipinski definition) is 3. The molecule has 2 aromatic rings. The van der Waals surface area contributed by atoms with Gasteiger partial charge in [0, 0.05) is 10.0 Å². The van der Waals surface area contributed by atoms with Gasteiger partial charge < -0.3 is 14.6 Å². The second-order valence-corrected chi connectivity index (χ2v) is 5.02. The van der Waals surface area contributed by atoms with Gasteiger partial charge in [-0.25, -0.2) is 4.39 Å². The first-order valence-corrected chi connectivity index (χ1v) is 6.78. The Morgan fingerprint density at radius 3 is 2.65 bits per heavy atom. The summed E-state index contributed by atoms with van der Waals surface area (Å²) >= 11 is 3.41. The summed E-state index contributed by atoms with van der Waals surface area (Å²) in [4.78, 5) is 0. The summed E-state index contributed by atoms with van der Waals surface area (Å²) < 4.78 is 25.2. The molecule has 20 heavy (non-hydrogen) atoms. The molecule has 0 bridgehead atoms. The van der Waals surface area contributed by atoms with Gasteiger partial charge in [-0.2, -0.15) is 0 Å². The van der Waals surface area contributed by atoms with E-state index in [4.69, 9.17) is 14.6 Å². The van der Waals surface area contributed by atoms with Gasteiger partial charge in [-0.3, -0.25) is 0 Å². The van der Waals surface area contributed by atoms with Crippen molar-refractivity contribution >= 4 is 15.9 Å². The number of rotatable bonds is 5. The molecule has 0 aliphatic rings. The van der Waals surface area contributed by atoms with E-state index in [1.807, 2.05) is 18.2 Å². The second-order valence-electron chi connectivity index (χ2n) is 4.17. The van der Waals surface area contributed by atoms with Gasteiger partial charge >= 0.3 is 0 Å². The quantitative estimate of drug-likeness (QED) is 0.902. The maximum absolute atomic E-state index is 13.7. The molecule has 0 heterocycles. The first-order chi connectivity index (χ1) is 9.63. The maximum Gasteiger partial charge on any atom is 0.165 e. The Kier molecular flexibility index (Phi) is 4.98. The third kappa shape index (κ3) is 3.49. The van der Waals surface area contributed by atoms with Crippen molar-refractivity contribution in [2.75, 3.05) is 7.11 Å². The van der Waals surface area contributed by atoms with Crippen LogP contribution in [0.1, 0.15) is 11.1 Å². The first-order valence-electron chi connectivity index (χ1n) is 5.98. The van der Waals surface area contributed by atoms with Crippen LogP contribution in [0.3, 0.4) is 0 Å². The molecule has 106 valence electrons. The predicted molar refractivity (Wildman–Crippen MR) is 77.3 cm³/mol. The van der Waals surface area contributed by atoms with Crippen LogP contribution in [0.5, 0.6) is 11.5 Å². The van der Waals surface area contributed by atoms with Gasteiger partial charge in [0.25, 0.3) is 0 Å². The molecule has 0 unspecified atom stereocenters. The van der Waals surface area contributed by atoms with Gasteiger partial charge in [-0.05, 0) is 35.9 Å². The highest BCUT2D eigenvalue weighted by Gasteiger charge is 2.07. The third-order valence-corrected chi connectivity index (χ3v) is 3.59. The monoisotopic (exact) mass is 340 g/mol. The number of hydrogen-bond donors (Lipinski definition) is 1. The summed E-state index contributed by atoms with van der Waals surface area (Å²) in [5, 5.41) is 8.93. The minimum absolute atomic E-state index is 0.150. The smallest absolute Gasteiger partial charge is 0.165 e. The number of halogens is 2. The molecule has 3 nitrogen and oxygen atoms in total. The molecular formula is C15H14BrFO3. The molecule has 2 aromatic carbocycles. The van der Waals surface area contributed by atoms with Crippen molar-refractivity contribution in [3.8, 4) is 11.5 Å². The molecule has 0 atom stereocenters. The van der Waals surface area contributed by atoms with E-state index in [0.717, 1.165) is 10.0 Å². The fourth-order valence-corrected chi connectivity index (χ4v) is 2.07. The Bertz CT molecular complexity index is 602. The summed E-state index contributed by atoms with van der Waals surface area (Å²) in [7, 11) is 1.58. The molecule has 0 spiro atoms. The number of ether oxygens (including phenoxy) is 2. The van der Waals surface area contributed by atoms with Crippen molar-refractivity contribution in [1.29, 1.82) is 0 Å². The highest BCUT2D eigenvalue weighted by atomic mass is 79.9. The molecule has 2 rings (SSSR count). The van der Waals surface area contributed by atoms with E-state index in [1.165, 1.54) is 12.1 Å². The van der Waals surface area contributed by atoms with Crippen LogP contribution in [-0.4, -0.2) is 12.2 Å². The van der Waals surface area contributed by atoms with Gasteiger partial charge in [0.05, 0.1) is 13.7 Å². The van der Waals surface area contributed by atoms with Crippen LogP contribution < -0.4 is 9.47 Å². The number of aliphatic hydroxyl groups excluding tert-OH is 1. The topological polar surface area (TPSA) is 38.7 Å². The summed E-state index contributed by atoms with van der Waals surface area (Å²) in [6, 6.07) is 9.89. The van der Waals surface area contributed by atoms with Gasteiger partial charge in [0.15, 0.2) is 11.6 Å². The SMILES string of the molecule is COc1ccc(Br)c(COc2ccc(CO)cc2F)c1. The van der Waals surface area contributed by atoms with E-state index < -0.39 is 5.82 Å². The normalized spacial score (nSPS) is 10.4. The molecule has 0 saturated carbocycles. The largest absolute Gasteiger partial charge is 0.497 e. The lowest BCUT2D eigenvalue weighted by molar-refractivity contribution is 0.276. The van der Waals surface area contributed by atoms with E-state index in [1.54, 1.807) is 13.2 Å². The fourth-order valence-electron chi connectivity index (χ4n) is 1.70. The molecule has 0 amide bonds. The van der Waals surface area contributed by atoms with Gasteiger partial charge in [-0.1, -0.05) is 22.0 Å². The second kappa shape index (κ2) is 6.72. The first kappa shape index (κ1) is 14.8. The van der Waals surface area contributed by atoms with E-state index in [9.17, 15) is 4.39 Å². The molecule has 0 saturated heterocycles. The zero-order valence-electron chi connectivity index (χ0n) is 10.9. The highest BCUT2D eigenvalue weighted by Crippen LogP contribution is 2.25. The molecule has 1 N–H and O–H groups in total. The third-order valence-electron chi connectivity index (χ3n) is 2.81. The van der Waals surface area contributed by atoms with Crippen molar-refractivity contribution in [2.45, 2.75) is 13.2 Å². The molecule has 0 fully saturated rings. The highest BCUT2D eigenvalue weighted by molar-refractivity contribution is 9.10. The molecule has 5 heteroatoms. The lowest BCUT2D eigenvalue weighted by atomic mass is 10.2. The van der Waals surface area contributed by atoms with Gasteiger partial charge in [-0.15, -0.1) is 0 Å². The lowest BCUT2D eigenvalue weighted by Crippen LogP contribution is -1.99. The van der Waals surface area contributed by atoms with Gasteiger partial charge in [0.1, 0.15) is 12.4 Å². The van der Waals surface area contributed by atoms with Crippen molar-refractivity contribution in [3.05, 3.63) is 57.8 Å². The zero-order chi connectivity index (χ0) is 14.5. The van der Waals surface area contributed by atoms with Crippen LogP contribution in [0.25, 0.3) is 0 Å². The van der Waals surface area contributed by atoms with Crippen molar-refractivity contribution in [3.63, 3.8) is 0 Å². The Hall–Kier alpha value is -1.59. The van der Waals surface area contributed by atoms with Crippen molar-refractivity contribution in [1.82, 2.24) is 0 Å². The molecule has 0 aliphatic heterocycles. The van der Waals surface area contributed by atoms with Crippen LogP contribution in [0, 0.1) is 5.82 Å². The van der Waals surface area contributed by atoms with Crippen LogP contribution >= 0.6 is 15.9 Å². The van der Waals surface area contributed by atoms with Crippen LogP contribution in [-0.2, 0) is 13.2 Å². The summed E-state index contributed by atoms with van der Waals surface area (Å²) in [6.45, 7) is 0.0197. The Balaban J connectivity index is 2.12. The lowest BCUT2D eigenvalue weighted by Gasteiger charge is -2.10. The van der Waals surface area contributed by atoms with Crippen LogP contribution in [0.2, 0.25) is 0 Å². The predicted octanol–water partition coefficient (Wildman–Crippen LogP) is 3.67.